The largest absolute Gasteiger partial charge is 0.396 e. The van der Waals surface area contributed by atoms with Gasteiger partial charge in [-0.05, 0) is 25.5 Å². The number of benzene rings is 1. The number of nitrogens with one attached hydrogen (secondary N) is 1. The lowest BCUT2D eigenvalue weighted by Crippen LogP contribution is -2.25. The fourth-order valence-corrected chi connectivity index (χ4v) is 2.99. The molecule has 0 amide bonds. The Kier molecular flexibility index (Phi) is 7.09. The van der Waals surface area contributed by atoms with Crippen molar-refractivity contribution in [1.82, 2.24) is 5.32 Å². The number of sulfonamides is 1. The van der Waals surface area contributed by atoms with Gasteiger partial charge in [-0.2, -0.15) is 12.8 Å². The van der Waals surface area contributed by atoms with Crippen LogP contribution >= 0.6 is 0 Å². The Morgan fingerprint density at radius 3 is 2.68 bits per heavy atom. The highest BCUT2D eigenvalue weighted by atomic mass is 32.2. The third-order valence-electron chi connectivity index (χ3n) is 2.84. The predicted octanol–water partition coefficient (Wildman–Crippen LogP) is 1.11. The minimum absolute atomic E-state index is 0.0418. The zero-order valence-electron chi connectivity index (χ0n) is 12.2. The molecular weight excluding hydrogens is 310 g/mol. The van der Waals surface area contributed by atoms with Crippen molar-refractivity contribution in [2.45, 2.75) is 24.7 Å². The van der Waals surface area contributed by atoms with Gasteiger partial charge in [0.1, 0.15) is 0 Å². The summed E-state index contributed by atoms with van der Waals surface area (Å²) in [6, 6.07) is 5.12. The molecule has 122 valence electrons. The van der Waals surface area contributed by atoms with Gasteiger partial charge in [-0.1, -0.05) is 19.1 Å². The van der Waals surface area contributed by atoms with E-state index in [4.69, 9.17) is 5.11 Å². The normalized spacial score (nSPS) is 12.4. The zero-order chi connectivity index (χ0) is 16.6. The summed E-state index contributed by atoms with van der Waals surface area (Å²) in [5.41, 5.74) is -0.119. The van der Waals surface area contributed by atoms with Crippen LogP contribution in [0.1, 0.15) is 19.8 Å². The molecule has 0 radical (unpaired) electrons. The van der Waals surface area contributed by atoms with Crippen molar-refractivity contribution in [1.29, 1.82) is 0 Å². The van der Waals surface area contributed by atoms with Crippen molar-refractivity contribution < 1.29 is 18.4 Å². The third kappa shape index (κ3) is 5.17. The number of nitro groups is 1. The molecule has 0 bridgehead atoms. The zero-order valence-corrected chi connectivity index (χ0v) is 13.0. The van der Waals surface area contributed by atoms with E-state index in [1.807, 2.05) is 0 Å². The van der Waals surface area contributed by atoms with E-state index in [0.717, 1.165) is 6.07 Å². The molecule has 1 rings (SSSR count). The Balaban J connectivity index is 3.02. The molecule has 1 aromatic carbocycles. The van der Waals surface area contributed by atoms with Crippen molar-refractivity contribution in [3.05, 3.63) is 34.4 Å². The highest BCUT2D eigenvalue weighted by Crippen LogP contribution is 2.24. The minimum atomic E-state index is -4.13. The molecule has 0 aromatic heterocycles. The number of nitrogens with zero attached hydrogens (tertiary/aromatic N) is 2. The van der Waals surface area contributed by atoms with Crippen LogP contribution in [0.2, 0.25) is 0 Å². The summed E-state index contributed by atoms with van der Waals surface area (Å²) in [4.78, 5) is 9.77. The van der Waals surface area contributed by atoms with Gasteiger partial charge in [-0.3, -0.25) is 10.1 Å². The molecule has 1 aromatic rings. The van der Waals surface area contributed by atoms with Crippen LogP contribution in [0.4, 0.5) is 5.69 Å². The Bertz CT molecular complexity index is 643. The Labute approximate surface area is 129 Å². The van der Waals surface area contributed by atoms with Gasteiger partial charge < -0.3 is 10.4 Å². The summed E-state index contributed by atoms with van der Waals surface area (Å²) in [6.45, 7) is 2.57. The highest BCUT2D eigenvalue weighted by Gasteiger charge is 2.24. The molecule has 0 fully saturated rings. The van der Waals surface area contributed by atoms with E-state index in [0.29, 0.717) is 25.1 Å². The van der Waals surface area contributed by atoms with Gasteiger partial charge in [-0.15, -0.1) is 0 Å². The number of aliphatic hydroxyl groups excluding tert-OH is 1. The maximum Gasteiger partial charge on any atom is 0.289 e. The standard InChI is InChI=1S/C13H19N3O5S/c1-2-11(10-14-8-5-9-17)15-22(20,21)13-7-4-3-6-12(13)16(18)19/h3-4,6-7,14,17H,2,5,8-10H2,1H3. The quantitative estimate of drug-likeness (QED) is 0.303. The number of rotatable bonds is 9. The van der Waals surface area contributed by atoms with E-state index in [1.165, 1.54) is 18.2 Å². The van der Waals surface area contributed by atoms with Gasteiger partial charge in [0.2, 0.25) is 0 Å². The number of para-hydroxylation sites is 1. The van der Waals surface area contributed by atoms with Crippen molar-refractivity contribution in [3.63, 3.8) is 0 Å². The molecule has 0 saturated heterocycles. The van der Waals surface area contributed by atoms with E-state index >= 15 is 0 Å². The highest BCUT2D eigenvalue weighted by molar-refractivity contribution is 7.90. The monoisotopic (exact) mass is 329 g/mol. The average Bonchev–Trinajstić information content (AvgIpc) is 2.50. The summed E-state index contributed by atoms with van der Waals surface area (Å²) in [5, 5.41) is 22.6. The number of hydrogen-bond donors (Lipinski definition) is 2. The lowest BCUT2D eigenvalue weighted by molar-refractivity contribution is -0.387. The second kappa shape index (κ2) is 8.57. The number of nitro benzene ring substituents is 1. The fraction of sp³-hybridized carbons (Fsp3) is 0.462. The van der Waals surface area contributed by atoms with Crippen LogP contribution in [-0.2, 0) is 10.0 Å². The van der Waals surface area contributed by atoms with Gasteiger partial charge in [-0.25, -0.2) is 0 Å². The first kappa shape index (κ1) is 18.2. The molecule has 2 N–H and O–H groups in total. The van der Waals surface area contributed by atoms with Crippen LogP contribution < -0.4 is 5.32 Å². The smallest absolute Gasteiger partial charge is 0.289 e. The van der Waals surface area contributed by atoms with Crippen LogP contribution in [0.15, 0.2) is 33.6 Å². The molecular formula is C13H19N3O5S. The van der Waals surface area contributed by atoms with E-state index in [1.54, 1.807) is 6.92 Å². The van der Waals surface area contributed by atoms with Crippen LogP contribution in [0.25, 0.3) is 0 Å². The summed E-state index contributed by atoms with van der Waals surface area (Å²) in [7, 11) is -4.13. The third-order valence-corrected chi connectivity index (χ3v) is 4.24. The molecule has 0 aliphatic heterocycles. The first-order chi connectivity index (χ1) is 10.4. The van der Waals surface area contributed by atoms with E-state index in [2.05, 4.69) is 9.71 Å². The summed E-state index contributed by atoms with van der Waals surface area (Å²) in [5.74, 6) is 0. The Hall–Kier alpha value is -1.84. The number of hydrogen-bond acceptors (Lipinski definition) is 6. The average molecular weight is 329 g/mol. The molecule has 0 unspecified atom stereocenters. The Morgan fingerprint density at radius 1 is 1.41 bits per heavy atom. The van der Waals surface area contributed by atoms with Gasteiger partial charge in [0, 0.05) is 24.9 Å². The molecule has 0 atom stereocenters. The SMILES string of the molecule is CCC(CNCCCO)=NS(=O)(=O)c1ccccc1[N+](=O)[O-]. The second-order valence-electron chi connectivity index (χ2n) is 4.46. The maximum absolute atomic E-state index is 12.3. The molecule has 9 heteroatoms. The van der Waals surface area contributed by atoms with Gasteiger partial charge in [0.05, 0.1) is 4.92 Å². The van der Waals surface area contributed by atoms with E-state index in [9.17, 15) is 18.5 Å². The van der Waals surface area contributed by atoms with Crippen LogP contribution in [-0.4, -0.2) is 43.9 Å². The summed E-state index contributed by atoms with van der Waals surface area (Å²) in [6.07, 6.45) is 0.944. The molecule has 0 aliphatic rings. The van der Waals surface area contributed by atoms with Gasteiger partial charge >= 0.3 is 0 Å². The van der Waals surface area contributed by atoms with Crippen molar-refractivity contribution in [3.8, 4) is 0 Å². The second-order valence-corrected chi connectivity index (χ2v) is 6.04. The van der Waals surface area contributed by atoms with Crippen molar-refractivity contribution >= 4 is 21.4 Å². The van der Waals surface area contributed by atoms with Crippen LogP contribution in [0.3, 0.4) is 0 Å². The first-order valence-corrected chi connectivity index (χ1v) is 8.24. The summed E-state index contributed by atoms with van der Waals surface area (Å²) < 4.78 is 28.2. The molecule has 0 spiro atoms. The van der Waals surface area contributed by atoms with Crippen molar-refractivity contribution in [2.24, 2.45) is 4.40 Å². The predicted molar refractivity (Wildman–Crippen MR) is 82.6 cm³/mol. The first-order valence-electron chi connectivity index (χ1n) is 6.80. The minimum Gasteiger partial charge on any atom is -0.396 e. The summed E-state index contributed by atoms with van der Waals surface area (Å²) >= 11 is 0. The maximum atomic E-state index is 12.3. The molecule has 0 saturated carbocycles. The van der Waals surface area contributed by atoms with E-state index in [-0.39, 0.29) is 13.2 Å². The molecule has 22 heavy (non-hydrogen) atoms. The van der Waals surface area contributed by atoms with Crippen molar-refractivity contribution in [2.75, 3.05) is 19.7 Å². The van der Waals surface area contributed by atoms with E-state index < -0.39 is 25.5 Å². The molecule has 0 heterocycles. The van der Waals surface area contributed by atoms with Gasteiger partial charge in [0.15, 0.2) is 4.90 Å². The fourth-order valence-electron chi connectivity index (χ4n) is 1.70. The topological polar surface area (TPSA) is 122 Å². The number of aliphatic hydroxyl groups is 1. The van der Waals surface area contributed by atoms with Crippen LogP contribution in [0, 0.1) is 10.1 Å². The van der Waals surface area contributed by atoms with Crippen LogP contribution in [0.5, 0.6) is 0 Å². The molecule has 0 aliphatic carbocycles. The van der Waals surface area contributed by atoms with Gasteiger partial charge in [0.25, 0.3) is 15.7 Å². The Morgan fingerprint density at radius 2 is 2.09 bits per heavy atom. The lowest BCUT2D eigenvalue weighted by Gasteiger charge is -2.06. The lowest BCUT2D eigenvalue weighted by atomic mass is 10.3. The molecule has 8 nitrogen and oxygen atoms in total.